The molecule has 152 valence electrons. The van der Waals surface area contributed by atoms with Gasteiger partial charge in [0.05, 0.1) is 4.90 Å². The standard InChI is InChI=1S/C19H18BrN3O5S/c1-12(24)21-14-6-8-16(9-7-14)29(27,28)23-17(10-11-18(23)25)19(26)22-15-4-2-13(20)3-5-15/h2-9,17H,10-11H2,1H3,(H,21,24)(H,22,26). The maximum Gasteiger partial charge on any atom is 0.267 e. The van der Waals surface area contributed by atoms with Crippen LogP contribution in [0.25, 0.3) is 0 Å². The number of hydrogen-bond acceptors (Lipinski definition) is 5. The molecule has 8 nitrogen and oxygen atoms in total. The highest BCUT2D eigenvalue weighted by Crippen LogP contribution is 2.29. The lowest BCUT2D eigenvalue weighted by atomic mass is 10.2. The molecule has 29 heavy (non-hydrogen) atoms. The molecular formula is C19H18BrN3O5S. The third-order valence-electron chi connectivity index (χ3n) is 4.31. The van der Waals surface area contributed by atoms with Crippen molar-refractivity contribution in [1.29, 1.82) is 0 Å². The normalized spacial score (nSPS) is 16.6. The summed E-state index contributed by atoms with van der Waals surface area (Å²) >= 11 is 3.30. The van der Waals surface area contributed by atoms with Gasteiger partial charge in [0.1, 0.15) is 6.04 Å². The van der Waals surface area contributed by atoms with E-state index in [0.29, 0.717) is 15.7 Å². The van der Waals surface area contributed by atoms with Crippen LogP contribution >= 0.6 is 15.9 Å². The van der Waals surface area contributed by atoms with Gasteiger partial charge < -0.3 is 10.6 Å². The largest absolute Gasteiger partial charge is 0.326 e. The molecular weight excluding hydrogens is 462 g/mol. The van der Waals surface area contributed by atoms with Gasteiger partial charge in [0, 0.05) is 29.2 Å². The van der Waals surface area contributed by atoms with E-state index in [4.69, 9.17) is 0 Å². The van der Waals surface area contributed by atoms with Crippen molar-refractivity contribution in [3.63, 3.8) is 0 Å². The van der Waals surface area contributed by atoms with Crippen LogP contribution in [0.2, 0.25) is 0 Å². The summed E-state index contributed by atoms with van der Waals surface area (Å²) in [6.07, 6.45) is 0.0615. The molecule has 0 aromatic heterocycles. The molecule has 0 saturated carbocycles. The van der Waals surface area contributed by atoms with Gasteiger partial charge in [-0.1, -0.05) is 15.9 Å². The Morgan fingerprint density at radius 2 is 1.55 bits per heavy atom. The van der Waals surface area contributed by atoms with Crippen LogP contribution in [-0.4, -0.2) is 36.5 Å². The van der Waals surface area contributed by atoms with Crippen LogP contribution in [0, 0.1) is 0 Å². The van der Waals surface area contributed by atoms with E-state index in [9.17, 15) is 22.8 Å². The van der Waals surface area contributed by atoms with Gasteiger partial charge in [-0.2, -0.15) is 0 Å². The molecule has 1 aliphatic heterocycles. The van der Waals surface area contributed by atoms with Crippen molar-refractivity contribution in [1.82, 2.24) is 4.31 Å². The molecule has 0 spiro atoms. The molecule has 1 unspecified atom stereocenters. The number of sulfonamides is 1. The Kier molecular flexibility index (Phi) is 6.04. The van der Waals surface area contributed by atoms with Crippen molar-refractivity contribution in [2.45, 2.75) is 30.7 Å². The molecule has 3 amide bonds. The second-order valence-corrected chi connectivity index (χ2v) is 9.18. The molecule has 0 bridgehead atoms. The molecule has 1 fully saturated rings. The first-order valence-corrected chi connectivity index (χ1v) is 10.9. The summed E-state index contributed by atoms with van der Waals surface area (Å²) in [5.41, 5.74) is 0.920. The average molecular weight is 480 g/mol. The molecule has 1 heterocycles. The van der Waals surface area contributed by atoms with Crippen molar-refractivity contribution in [2.24, 2.45) is 0 Å². The number of benzene rings is 2. The van der Waals surface area contributed by atoms with Gasteiger partial charge >= 0.3 is 0 Å². The summed E-state index contributed by atoms with van der Waals surface area (Å²) in [7, 11) is -4.22. The molecule has 3 rings (SSSR count). The molecule has 2 aromatic rings. The lowest BCUT2D eigenvalue weighted by molar-refractivity contribution is -0.128. The van der Waals surface area contributed by atoms with Crippen molar-refractivity contribution in [2.75, 3.05) is 10.6 Å². The number of carbonyl (C=O) groups is 3. The van der Waals surface area contributed by atoms with Gasteiger partial charge in [0.15, 0.2) is 0 Å². The zero-order valence-corrected chi connectivity index (χ0v) is 17.8. The van der Waals surface area contributed by atoms with Gasteiger partial charge in [0.25, 0.3) is 10.0 Å². The Morgan fingerprint density at radius 1 is 1.00 bits per heavy atom. The second-order valence-electron chi connectivity index (χ2n) is 6.45. The van der Waals surface area contributed by atoms with Crippen molar-refractivity contribution in [3.05, 3.63) is 53.0 Å². The van der Waals surface area contributed by atoms with E-state index in [-0.39, 0.29) is 23.6 Å². The SMILES string of the molecule is CC(=O)Nc1ccc(S(=O)(=O)N2C(=O)CCC2C(=O)Nc2ccc(Br)cc2)cc1. The summed E-state index contributed by atoms with van der Waals surface area (Å²) < 4.78 is 27.5. The first-order valence-electron chi connectivity index (χ1n) is 8.70. The molecule has 0 aliphatic carbocycles. The van der Waals surface area contributed by atoms with Gasteiger partial charge in [0.2, 0.25) is 17.7 Å². The van der Waals surface area contributed by atoms with E-state index in [1.54, 1.807) is 24.3 Å². The molecule has 0 radical (unpaired) electrons. The Bertz CT molecular complexity index is 1050. The summed E-state index contributed by atoms with van der Waals surface area (Å²) in [6.45, 7) is 1.34. The predicted molar refractivity (Wildman–Crippen MR) is 111 cm³/mol. The summed E-state index contributed by atoms with van der Waals surface area (Å²) in [4.78, 5) is 36.0. The van der Waals surface area contributed by atoms with Crippen LogP contribution in [0.3, 0.4) is 0 Å². The maximum atomic E-state index is 13.0. The summed E-state index contributed by atoms with van der Waals surface area (Å²) in [5.74, 6) is -1.50. The molecule has 1 atom stereocenters. The minimum absolute atomic E-state index is 0.0400. The lowest BCUT2D eigenvalue weighted by Gasteiger charge is -2.24. The lowest BCUT2D eigenvalue weighted by Crippen LogP contribution is -2.45. The minimum atomic E-state index is -4.22. The van der Waals surface area contributed by atoms with E-state index in [2.05, 4.69) is 26.6 Å². The van der Waals surface area contributed by atoms with E-state index in [0.717, 1.165) is 4.47 Å². The zero-order valence-electron chi connectivity index (χ0n) is 15.4. The van der Waals surface area contributed by atoms with Crippen LogP contribution in [0.15, 0.2) is 57.9 Å². The highest BCUT2D eigenvalue weighted by molar-refractivity contribution is 9.10. The molecule has 2 aromatic carbocycles. The van der Waals surface area contributed by atoms with E-state index >= 15 is 0 Å². The number of carbonyl (C=O) groups excluding carboxylic acids is 3. The Balaban J connectivity index is 1.83. The van der Waals surface area contributed by atoms with Crippen LogP contribution in [0.4, 0.5) is 11.4 Å². The maximum absolute atomic E-state index is 13.0. The van der Waals surface area contributed by atoms with E-state index in [1.165, 1.54) is 31.2 Å². The number of halogens is 1. The highest BCUT2D eigenvalue weighted by atomic mass is 79.9. The quantitative estimate of drug-likeness (QED) is 0.684. The second kappa shape index (κ2) is 8.34. The predicted octanol–water partition coefficient (Wildman–Crippen LogP) is 2.73. The Hall–Kier alpha value is -2.72. The van der Waals surface area contributed by atoms with Crippen LogP contribution in [0.1, 0.15) is 19.8 Å². The van der Waals surface area contributed by atoms with E-state index < -0.39 is 27.9 Å². The van der Waals surface area contributed by atoms with Crippen molar-refractivity contribution < 1.29 is 22.8 Å². The first-order chi connectivity index (χ1) is 13.7. The fraction of sp³-hybridized carbons (Fsp3) is 0.211. The third-order valence-corrected chi connectivity index (χ3v) is 6.68. The monoisotopic (exact) mass is 479 g/mol. The van der Waals surface area contributed by atoms with Gasteiger partial charge in [-0.3, -0.25) is 14.4 Å². The summed E-state index contributed by atoms with van der Waals surface area (Å²) in [5, 5.41) is 5.19. The fourth-order valence-electron chi connectivity index (χ4n) is 2.99. The fourth-order valence-corrected chi connectivity index (χ4v) is 4.85. The van der Waals surface area contributed by atoms with Gasteiger partial charge in [-0.25, -0.2) is 12.7 Å². The third kappa shape index (κ3) is 4.65. The Morgan fingerprint density at radius 3 is 2.14 bits per heavy atom. The van der Waals surface area contributed by atoms with Gasteiger partial charge in [-0.05, 0) is 55.0 Å². The number of nitrogens with one attached hydrogen (secondary N) is 2. The number of rotatable bonds is 5. The first kappa shape index (κ1) is 21.0. The molecule has 2 N–H and O–H groups in total. The Labute approximate surface area is 176 Å². The minimum Gasteiger partial charge on any atom is -0.326 e. The van der Waals surface area contributed by atoms with E-state index in [1.807, 2.05) is 0 Å². The number of hydrogen-bond donors (Lipinski definition) is 2. The molecule has 1 aliphatic rings. The molecule has 10 heteroatoms. The van der Waals surface area contributed by atoms with Gasteiger partial charge in [-0.15, -0.1) is 0 Å². The van der Waals surface area contributed by atoms with Crippen LogP contribution in [-0.2, 0) is 24.4 Å². The summed E-state index contributed by atoms with van der Waals surface area (Å²) in [6, 6.07) is 11.1. The van der Waals surface area contributed by atoms with Crippen molar-refractivity contribution >= 4 is 55.0 Å². The number of nitrogens with zero attached hydrogens (tertiary/aromatic N) is 1. The topological polar surface area (TPSA) is 113 Å². The smallest absolute Gasteiger partial charge is 0.267 e. The van der Waals surface area contributed by atoms with Crippen LogP contribution in [0.5, 0.6) is 0 Å². The van der Waals surface area contributed by atoms with Crippen LogP contribution < -0.4 is 10.6 Å². The number of anilines is 2. The van der Waals surface area contributed by atoms with Crippen molar-refractivity contribution in [3.8, 4) is 0 Å². The zero-order chi connectivity index (χ0) is 21.2. The average Bonchev–Trinajstić information content (AvgIpc) is 3.06. The highest BCUT2D eigenvalue weighted by Gasteiger charge is 2.44. The molecule has 1 saturated heterocycles. The number of amides is 3.